The summed E-state index contributed by atoms with van der Waals surface area (Å²) < 4.78 is 5.69. The van der Waals surface area contributed by atoms with Crippen molar-refractivity contribution in [1.29, 1.82) is 0 Å². The van der Waals surface area contributed by atoms with Gasteiger partial charge in [0.2, 0.25) is 0 Å². The molecule has 1 aromatic rings. The Morgan fingerprint density at radius 3 is 2.48 bits per heavy atom. The Morgan fingerprint density at radius 1 is 1.21 bits per heavy atom. The van der Waals surface area contributed by atoms with Crippen LogP contribution in [0.1, 0.15) is 58.1 Å². The van der Waals surface area contributed by atoms with Crippen molar-refractivity contribution < 1.29 is 4.74 Å². The molecule has 1 aromatic carbocycles. The van der Waals surface area contributed by atoms with E-state index in [0.29, 0.717) is 6.04 Å². The van der Waals surface area contributed by atoms with Crippen LogP contribution < -0.4 is 16.0 Å². The Labute approximate surface area is 218 Å². The summed E-state index contributed by atoms with van der Waals surface area (Å²) in [6.07, 6.45) is 4.23. The summed E-state index contributed by atoms with van der Waals surface area (Å²) in [6.45, 7) is 17.0. The van der Waals surface area contributed by atoms with Crippen molar-refractivity contribution in [1.82, 2.24) is 20.9 Å². The molecular weight excluding hydrogens is 525 g/mol. The quantitative estimate of drug-likeness (QED) is 0.181. The highest BCUT2D eigenvalue weighted by molar-refractivity contribution is 14.0. The van der Waals surface area contributed by atoms with E-state index in [1.165, 1.54) is 11.1 Å². The van der Waals surface area contributed by atoms with E-state index in [0.717, 1.165) is 77.6 Å². The van der Waals surface area contributed by atoms with Crippen molar-refractivity contribution in [3.8, 4) is 0 Å². The van der Waals surface area contributed by atoms with Gasteiger partial charge in [-0.1, -0.05) is 42.5 Å². The molecule has 1 unspecified atom stereocenters. The lowest BCUT2D eigenvalue weighted by Crippen LogP contribution is -2.54. The van der Waals surface area contributed by atoms with E-state index in [4.69, 9.17) is 9.73 Å². The molecule has 33 heavy (non-hydrogen) atoms. The number of hydrogen-bond acceptors (Lipinski definition) is 4. The fourth-order valence-corrected chi connectivity index (χ4v) is 4.76. The lowest BCUT2D eigenvalue weighted by molar-refractivity contribution is 0.0374. The van der Waals surface area contributed by atoms with E-state index in [1.807, 2.05) is 0 Å². The van der Waals surface area contributed by atoms with Gasteiger partial charge in [-0.15, -0.1) is 24.0 Å². The predicted octanol–water partition coefficient (Wildman–Crippen LogP) is 4.10. The largest absolute Gasteiger partial charge is 0.381 e. The molecule has 2 saturated heterocycles. The maximum atomic E-state index is 5.69. The molecule has 2 fully saturated rings. The monoisotopic (exact) mass is 569 g/mol. The van der Waals surface area contributed by atoms with Crippen LogP contribution >= 0.6 is 24.0 Å². The van der Waals surface area contributed by atoms with Gasteiger partial charge in [0.1, 0.15) is 0 Å². The second-order valence-corrected chi connectivity index (χ2v) is 9.52. The van der Waals surface area contributed by atoms with Crippen LogP contribution in [0.25, 0.3) is 0 Å². The summed E-state index contributed by atoms with van der Waals surface area (Å²) >= 11 is 0. The standard InChI is InChI=1S/C26H43N5O.HI/c1-5-27-25(29-24-11-15-31(16-12-24)19-21(2)3)28-20-26(13-17-32-18-14-26)30-22(4)23-9-7-6-8-10-23;/h6-10,22,24,30H,2,5,11-20H2,1,3-4H3,(H2,27,28,29);1H. The molecule has 0 spiro atoms. The first-order valence-electron chi connectivity index (χ1n) is 12.3. The number of likely N-dealkylation sites (tertiary alicyclic amines) is 1. The second kappa shape index (κ2) is 14.3. The number of rotatable bonds is 9. The number of guanidine groups is 1. The lowest BCUT2D eigenvalue weighted by Gasteiger charge is -2.40. The lowest BCUT2D eigenvalue weighted by atomic mass is 9.88. The third-order valence-corrected chi connectivity index (χ3v) is 6.58. The molecule has 3 rings (SSSR count). The summed E-state index contributed by atoms with van der Waals surface area (Å²) in [4.78, 5) is 7.56. The highest BCUT2D eigenvalue weighted by Gasteiger charge is 2.34. The van der Waals surface area contributed by atoms with Crippen LogP contribution in [0.5, 0.6) is 0 Å². The molecule has 0 saturated carbocycles. The van der Waals surface area contributed by atoms with Crippen molar-refractivity contribution in [2.45, 2.75) is 64.1 Å². The molecule has 2 heterocycles. The van der Waals surface area contributed by atoms with Crippen LogP contribution in [-0.4, -0.2) is 68.4 Å². The van der Waals surface area contributed by atoms with E-state index in [1.54, 1.807) is 0 Å². The highest BCUT2D eigenvalue weighted by atomic mass is 127. The van der Waals surface area contributed by atoms with Crippen molar-refractivity contribution in [3.63, 3.8) is 0 Å². The highest BCUT2D eigenvalue weighted by Crippen LogP contribution is 2.26. The predicted molar refractivity (Wildman–Crippen MR) is 150 cm³/mol. The summed E-state index contributed by atoms with van der Waals surface area (Å²) in [7, 11) is 0. The molecular formula is C26H44IN5O. The van der Waals surface area contributed by atoms with Gasteiger partial charge in [0.15, 0.2) is 5.96 Å². The minimum Gasteiger partial charge on any atom is -0.381 e. The van der Waals surface area contributed by atoms with Crippen LogP contribution in [0.2, 0.25) is 0 Å². The fraction of sp³-hybridized carbons (Fsp3) is 0.654. The molecule has 0 aromatic heterocycles. The van der Waals surface area contributed by atoms with Crippen molar-refractivity contribution in [2.75, 3.05) is 45.9 Å². The zero-order valence-corrected chi connectivity index (χ0v) is 23.1. The molecule has 3 N–H and O–H groups in total. The average molecular weight is 570 g/mol. The maximum Gasteiger partial charge on any atom is 0.191 e. The van der Waals surface area contributed by atoms with E-state index < -0.39 is 0 Å². The Kier molecular flexibility index (Phi) is 12.2. The zero-order chi connectivity index (χ0) is 22.8. The van der Waals surface area contributed by atoms with Gasteiger partial charge in [-0.3, -0.25) is 9.89 Å². The van der Waals surface area contributed by atoms with Gasteiger partial charge in [-0.25, -0.2) is 0 Å². The fourth-order valence-electron chi connectivity index (χ4n) is 4.76. The summed E-state index contributed by atoms with van der Waals surface area (Å²) in [5.41, 5.74) is 2.51. The minimum absolute atomic E-state index is 0. The first-order valence-corrected chi connectivity index (χ1v) is 12.3. The Balaban J connectivity index is 0.00000385. The number of benzene rings is 1. The molecule has 2 aliphatic heterocycles. The first-order chi connectivity index (χ1) is 15.5. The van der Waals surface area contributed by atoms with Crippen molar-refractivity contribution >= 4 is 29.9 Å². The van der Waals surface area contributed by atoms with Gasteiger partial charge >= 0.3 is 0 Å². The van der Waals surface area contributed by atoms with Crippen LogP contribution in [0.3, 0.4) is 0 Å². The first kappa shape index (κ1) is 28.1. The van der Waals surface area contributed by atoms with Gasteiger partial charge in [0, 0.05) is 57.0 Å². The van der Waals surface area contributed by atoms with Crippen LogP contribution in [0, 0.1) is 0 Å². The molecule has 0 amide bonds. The van der Waals surface area contributed by atoms with E-state index >= 15 is 0 Å². The SMILES string of the molecule is C=C(C)CN1CCC(NC(=NCC2(NC(C)c3ccccc3)CCOCC2)NCC)CC1.I. The number of hydrogen-bond donors (Lipinski definition) is 3. The molecule has 1 atom stereocenters. The minimum atomic E-state index is -0.0410. The Morgan fingerprint density at radius 2 is 1.88 bits per heavy atom. The van der Waals surface area contributed by atoms with Crippen LogP contribution in [0.4, 0.5) is 0 Å². The molecule has 0 aliphatic carbocycles. The number of halogens is 1. The molecule has 0 radical (unpaired) electrons. The smallest absolute Gasteiger partial charge is 0.191 e. The summed E-state index contributed by atoms with van der Waals surface area (Å²) in [5.74, 6) is 0.936. The maximum absolute atomic E-state index is 5.69. The van der Waals surface area contributed by atoms with E-state index in [9.17, 15) is 0 Å². The normalized spacial score (nSPS) is 20.5. The third kappa shape index (κ3) is 9.19. The number of nitrogens with zero attached hydrogens (tertiary/aromatic N) is 2. The van der Waals surface area contributed by atoms with Crippen molar-refractivity contribution in [2.24, 2.45) is 4.99 Å². The van der Waals surface area contributed by atoms with E-state index in [2.05, 4.69) is 78.5 Å². The number of nitrogens with one attached hydrogen (secondary N) is 3. The number of ether oxygens (including phenoxy) is 1. The molecule has 0 bridgehead atoms. The van der Waals surface area contributed by atoms with Gasteiger partial charge < -0.3 is 20.7 Å². The van der Waals surface area contributed by atoms with E-state index in [-0.39, 0.29) is 35.6 Å². The molecule has 186 valence electrons. The Hall–Kier alpha value is -1.16. The summed E-state index contributed by atoms with van der Waals surface area (Å²) in [6, 6.07) is 11.4. The van der Waals surface area contributed by atoms with Gasteiger partial charge in [-0.05, 0) is 52.0 Å². The van der Waals surface area contributed by atoms with Gasteiger partial charge in [0.25, 0.3) is 0 Å². The second-order valence-electron chi connectivity index (χ2n) is 9.52. The average Bonchev–Trinajstić information content (AvgIpc) is 2.80. The summed E-state index contributed by atoms with van der Waals surface area (Å²) in [5, 5.41) is 11.1. The zero-order valence-electron chi connectivity index (χ0n) is 20.7. The third-order valence-electron chi connectivity index (χ3n) is 6.58. The Bertz CT molecular complexity index is 727. The number of piperidine rings is 1. The molecule has 2 aliphatic rings. The van der Waals surface area contributed by atoms with Crippen molar-refractivity contribution in [3.05, 3.63) is 48.0 Å². The molecule has 7 heteroatoms. The number of aliphatic imine (C=N–C) groups is 1. The molecule has 6 nitrogen and oxygen atoms in total. The van der Waals surface area contributed by atoms with Gasteiger partial charge in [0.05, 0.1) is 6.54 Å². The van der Waals surface area contributed by atoms with Crippen LogP contribution in [0.15, 0.2) is 47.5 Å². The van der Waals surface area contributed by atoms with Crippen LogP contribution in [-0.2, 0) is 4.74 Å². The van der Waals surface area contributed by atoms with Gasteiger partial charge in [-0.2, -0.15) is 0 Å². The topological polar surface area (TPSA) is 60.9 Å².